The third kappa shape index (κ3) is 12.4. The van der Waals surface area contributed by atoms with E-state index in [0.717, 1.165) is 31.0 Å². The van der Waals surface area contributed by atoms with Crippen LogP contribution in [0.1, 0.15) is 135 Å². The fraction of sp³-hybridized carbons (Fsp3) is 0.724. The molecule has 1 aromatic carbocycles. The molecule has 8 heteroatoms. The van der Waals surface area contributed by atoms with Gasteiger partial charge in [0.25, 0.3) is 16.0 Å². The first-order valence-electron chi connectivity index (χ1n) is 14.6. The Morgan fingerprint density at radius 2 is 1.27 bits per heavy atom. The first kappa shape index (κ1) is 31.3. The quantitative estimate of drug-likeness (QED) is 0.0939. The monoisotopic (exact) mass is 535 g/mol. The molecule has 1 aliphatic rings. The van der Waals surface area contributed by atoms with E-state index in [4.69, 9.17) is 10.3 Å². The predicted molar refractivity (Wildman–Crippen MR) is 154 cm³/mol. The summed E-state index contributed by atoms with van der Waals surface area (Å²) in [4.78, 5) is 12.1. The number of hydrazone groups is 1. The second-order valence-corrected chi connectivity index (χ2v) is 11.9. The minimum absolute atomic E-state index is 0.0849. The van der Waals surface area contributed by atoms with Crippen molar-refractivity contribution in [1.82, 2.24) is 0 Å². The average molecular weight is 536 g/mol. The zero-order valence-electron chi connectivity index (χ0n) is 22.9. The van der Waals surface area contributed by atoms with Gasteiger partial charge in [-0.15, -0.1) is 0 Å². The summed E-state index contributed by atoms with van der Waals surface area (Å²) in [7, 11) is -4.34. The first-order valence-corrected chi connectivity index (χ1v) is 16.0. The highest BCUT2D eigenvalue weighted by Gasteiger charge is 2.27. The Hall–Kier alpha value is -1.93. The van der Waals surface area contributed by atoms with Crippen molar-refractivity contribution in [2.24, 2.45) is 5.10 Å². The maximum atomic E-state index is 12.4. The third-order valence-corrected chi connectivity index (χ3v) is 8.03. The molecular formula is C29H49N3O4S. The van der Waals surface area contributed by atoms with Crippen LogP contribution in [-0.2, 0) is 14.9 Å². The zero-order chi connectivity index (χ0) is 26.9. The molecule has 1 aliphatic heterocycles. The highest BCUT2D eigenvalue weighted by atomic mass is 32.2. The molecule has 2 rings (SSSR count). The van der Waals surface area contributed by atoms with Crippen LogP contribution in [0.5, 0.6) is 0 Å². The molecular weight excluding hydrogens is 486 g/mol. The van der Waals surface area contributed by atoms with E-state index in [1.54, 1.807) is 0 Å². The highest BCUT2D eigenvalue weighted by Crippen LogP contribution is 2.30. The number of hydrogen-bond donors (Lipinski definition) is 2. The normalized spacial score (nSPS) is 13.9. The second kappa shape index (κ2) is 17.6. The largest absolute Gasteiger partial charge is 0.397 e. The van der Waals surface area contributed by atoms with Crippen LogP contribution in [0.4, 0.5) is 11.4 Å². The molecule has 1 amide bonds. The summed E-state index contributed by atoms with van der Waals surface area (Å²) in [5, 5.41) is 5.66. The SMILES string of the molecule is CCCCCCCCCCCCCCCCCCCCC1=NN(c2ccc(S(=O)(=O)O)cc2N)C(=O)C1. The lowest BCUT2D eigenvalue weighted by molar-refractivity contribution is -0.116. The van der Waals surface area contributed by atoms with Gasteiger partial charge in [-0.05, 0) is 31.0 Å². The smallest absolute Gasteiger partial charge is 0.294 e. The zero-order valence-corrected chi connectivity index (χ0v) is 23.7. The lowest BCUT2D eigenvalue weighted by atomic mass is 10.0. The summed E-state index contributed by atoms with van der Waals surface area (Å²) >= 11 is 0. The highest BCUT2D eigenvalue weighted by molar-refractivity contribution is 7.85. The summed E-state index contributed by atoms with van der Waals surface area (Å²) in [6.07, 6.45) is 25.1. The third-order valence-electron chi connectivity index (χ3n) is 7.18. The maximum absolute atomic E-state index is 12.4. The van der Waals surface area contributed by atoms with Crippen molar-refractivity contribution in [2.45, 2.75) is 140 Å². The number of nitrogen functional groups attached to an aromatic ring is 1. The topological polar surface area (TPSA) is 113 Å². The summed E-state index contributed by atoms with van der Waals surface area (Å²) in [6.45, 7) is 2.27. The van der Waals surface area contributed by atoms with Gasteiger partial charge in [-0.1, -0.05) is 116 Å². The fourth-order valence-electron chi connectivity index (χ4n) is 4.93. The van der Waals surface area contributed by atoms with Crippen LogP contribution < -0.4 is 10.7 Å². The minimum Gasteiger partial charge on any atom is -0.397 e. The van der Waals surface area contributed by atoms with Gasteiger partial charge in [0.15, 0.2) is 0 Å². The van der Waals surface area contributed by atoms with E-state index >= 15 is 0 Å². The van der Waals surface area contributed by atoms with Gasteiger partial charge in [0.05, 0.1) is 22.7 Å². The molecule has 0 fully saturated rings. The number of rotatable bonds is 21. The number of carbonyl (C=O) groups is 1. The van der Waals surface area contributed by atoms with E-state index in [1.807, 2.05) is 0 Å². The van der Waals surface area contributed by atoms with Crippen LogP contribution in [-0.4, -0.2) is 24.6 Å². The van der Waals surface area contributed by atoms with Crippen molar-refractivity contribution >= 4 is 33.1 Å². The molecule has 37 heavy (non-hydrogen) atoms. The van der Waals surface area contributed by atoms with E-state index < -0.39 is 10.1 Å². The minimum atomic E-state index is -4.34. The van der Waals surface area contributed by atoms with Gasteiger partial charge < -0.3 is 5.73 Å². The Bertz CT molecular complexity index is 946. The van der Waals surface area contributed by atoms with Gasteiger partial charge in [-0.25, -0.2) is 0 Å². The lowest BCUT2D eigenvalue weighted by Gasteiger charge is -2.14. The van der Waals surface area contributed by atoms with Crippen molar-refractivity contribution in [2.75, 3.05) is 10.7 Å². The molecule has 0 atom stereocenters. The Kier molecular flexibility index (Phi) is 14.8. The van der Waals surface area contributed by atoms with Crippen LogP contribution >= 0.6 is 0 Å². The molecule has 1 aromatic rings. The Morgan fingerprint density at radius 1 is 0.811 bits per heavy atom. The average Bonchev–Trinajstić information content (AvgIpc) is 3.22. The fourth-order valence-corrected chi connectivity index (χ4v) is 5.44. The number of hydrogen-bond acceptors (Lipinski definition) is 5. The molecule has 0 spiro atoms. The predicted octanol–water partition coefficient (Wildman–Crippen LogP) is 8.04. The van der Waals surface area contributed by atoms with Crippen molar-refractivity contribution in [3.8, 4) is 0 Å². The van der Waals surface area contributed by atoms with E-state index in [2.05, 4.69) is 12.0 Å². The van der Waals surface area contributed by atoms with Gasteiger partial charge in [-0.3, -0.25) is 9.35 Å². The van der Waals surface area contributed by atoms with Crippen LogP contribution in [0, 0.1) is 0 Å². The van der Waals surface area contributed by atoms with E-state index in [9.17, 15) is 13.2 Å². The molecule has 0 bridgehead atoms. The summed E-state index contributed by atoms with van der Waals surface area (Å²) < 4.78 is 31.7. The standard InChI is InChI=1S/C29H49N3O4S/c1-2-3-4-5-6-7-8-9-10-11-12-13-14-15-16-17-18-19-20-25-23-29(33)32(31-25)28-22-21-26(24-27(28)30)37(34,35)36/h21-22,24H,2-20,23,30H2,1H3,(H,34,35,36). The molecule has 3 N–H and O–H groups in total. The number of unbranched alkanes of at least 4 members (excludes halogenated alkanes) is 17. The summed E-state index contributed by atoms with van der Waals surface area (Å²) in [5.74, 6) is -0.177. The van der Waals surface area contributed by atoms with E-state index in [-0.39, 0.29) is 22.9 Å². The Morgan fingerprint density at radius 3 is 1.70 bits per heavy atom. The second-order valence-electron chi connectivity index (χ2n) is 10.5. The van der Waals surface area contributed by atoms with Crippen LogP contribution in [0.3, 0.4) is 0 Å². The van der Waals surface area contributed by atoms with Crippen molar-refractivity contribution in [1.29, 1.82) is 0 Å². The molecule has 0 aliphatic carbocycles. The first-order chi connectivity index (χ1) is 17.8. The van der Waals surface area contributed by atoms with Gasteiger partial charge in [-0.2, -0.15) is 18.5 Å². The molecule has 0 saturated heterocycles. The van der Waals surface area contributed by atoms with E-state index in [0.29, 0.717) is 5.69 Å². The number of anilines is 2. The summed E-state index contributed by atoms with van der Waals surface area (Å²) in [5.41, 5.74) is 7.17. The van der Waals surface area contributed by atoms with Crippen LogP contribution in [0.15, 0.2) is 28.2 Å². The lowest BCUT2D eigenvalue weighted by Crippen LogP contribution is -2.20. The van der Waals surface area contributed by atoms with Crippen molar-refractivity contribution in [3.05, 3.63) is 18.2 Å². The van der Waals surface area contributed by atoms with Gasteiger partial charge in [0.1, 0.15) is 0 Å². The number of benzene rings is 1. The van der Waals surface area contributed by atoms with Gasteiger partial charge >= 0.3 is 0 Å². The molecule has 0 saturated carbocycles. The molecule has 0 unspecified atom stereocenters. The molecule has 210 valence electrons. The molecule has 1 heterocycles. The summed E-state index contributed by atoms with van der Waals surface area (Å²) in [6, 6.07) is 3.76. The number of carbonyl (C=O) groups excluding carboxylic acids is 1. The molecule has 7 nitrogen and oxygen atoms in total. The van der Waals surface area contributed by atoms with Crippen molar-refractivity contribution < 1.29 is 17.8 Å². The van der Waals surface area contributed by atoms with Gasteiger partial charge in [0, 0.05) is 5.71 Å². The van der Waals surface area contributed by atoms with Gasteiger partial charge in [0.2, 0.25) is 0 Å². The van der Waals surface area contributed by atoms with Crippen LogP contribution in [0.25, 0.3) is 0 Å². The molecule has 0 radical (unpaired) electrons. The van der Waals surface area contributed by atoms with E-state index in [1.165, 1.54) is 120 Å². The number of amides is 1. The van der Waals surface area contributed by atoms with Crippen LogP contribution in [0.2, 0.25) is 0 Å². The maximum Gasteiger partial charge on any atom is 0.294 e. The Balaban J connectivity index is 1.48. The number of nitrogens with zero attached hydrogens (tertiary/aromatic N) is 2. The number of nitrogens with two attached hydrogens (primary N) is 1. The Labute approximate surface area is 225 Å². The molecule has 0 aromatic heterocycles. The van der Waals surface area contributed by atoms with Crippen molar-refractivity contribution in [3.63, 3.8) is 0 Å².